The van der Waals surface area contributed by atoms with E-state index in [2.05, 4.69) is 38.0 Å². The van der Waals surface area contributed by atoms with Gasteiger partial charge < -0.3 is 10.1 Å². The maximum Gasteiger partial charge on any atom is 0.0658 e. The Bertz CT molecular complexity index is 380. The molecule has 0 saturated carbocycles. The van der Waals surface area contributed by atoms with Crippen LogP contribution in [0.3, 0.4) is 0 Å². The van der Waals surface area contributed by atoms with Crippen molar-refractivity contribution < 1.29 is 4.74 Å². The molecule has 102 valence electrons. The highest BCUT2D eigenvalue weighted by atomic mass is 79.9. The molecule has 1 saturated heterocycles. The van der Waals surface area contributed by atoms with Gasteiger partial charge in [0.25, 0.3) is 0 Å². The van der Waals surface area contributed by atoms with Crippen molar-refractivity contribution in [2.45, 2.75) is 32.2 Å². The molecule has 0 spiro atoms. The molecule has 2 atom stereocenters. The summed E-state index contributed by atoms with van der Waals surface area (Å²) < 4.78 is 8.41. The van der Waals surface area contributed by atoms with Gasteiger partial charge in [-0.2, -0.15) is 5.10 Å². The molecule has 1 aromatic heterocycles. The minimum Gasteiger partial charge on any atom is -0.383 e. The van der Waals surface area contributed by atoms with E-state index >= 15 is 0 Å². The van der Waals surface area contributed by atoms with E-state index in [1.807, 2.05) is 6.20 Å². The first kappa shape index (κ1) is 14.0. The van der Waals surface area contributed by atoms with Crippen LogP contribution in [-0.4, -0.2) is 36.6 Å². The van der Waals surface area contributed by atoms with E-state index in [9.17, 15) is 0 Å². The molecule has 4 nitrogen and oxygen atoms in total. The van der Waals surface area contributed by atoms with Gasteiger partial charge in [-0.05, 0) is 41.4 Å². The molecule has 1 aliphatic heterocycles. The molecular weight excluding hydrogens is 294 g/mol. The average molecular weight is 316 g/mol. The Morgan fingerprint density at radius 2 is 2.44 bits per heavy atom. The Labute approximate surface area is 117 Å². The third-order valence-corrected chi connectivity index (χ3v) is 4.43. The molecule has 0 amide bonds. The number of methoxy groups -OCH3 is 1. The standard InChI is InChI=1S/C13H22BrN3O/c1-3-10-8-15-5-4-11(10)13-12(14)9-16-17(13)6-7-18-2/h9-11,15H,3-8H2,1-2H3. The second-order valence-electron chi connectivity index (χ2n) is 4.86. The summed E-state index contributed by atoms with van der Waals surface area (Å²) in [6.07, 6.45) is 4.31. The van der Waals surface area contributed by atoms with E-state index in [0.29, 0.717) is 18.4 Å². The fourth-order valence-electron chi connectivity index (χ4n) is 2.81. The van der Waals surface area contributed by atoms with Crippen LogP contribution in [0.1, 0.15) is 31.4 Å². The van der Waals surface area contributed by atoms with Gasteiger partial charge in [-0.3, -0.25) is 4.68 Å². The Morgan fingerprint density at radius 1 is 1.61 bits per heavy atom. The van der Waals surface area contributed by atoms with Gasteiger partial charge in [0.1, 0.15) is 0 Å². The third-order valence-electron chi connectivity index (χ3n) is 3.82. The Balaban J connectivity index is 2.21. The highest BCUT2D eigenvalue weighted by Crippen LogP contribution is 2.36. The van der Waals surface area contributed by atoms with Crippen molar-refractivity contribution in [3.63, 3.8) is 0 Å². The molecule has 0 aliphatic carbocycles. The summed E-state index contributed by atoms with van der Waals surface area (Å²) in [6, 6.07) is 0. The van der Waals surface area contributed by atoms with Crippen LogP contribution in [0.5, 0.6) is 0 Å². The maximum atomic E-state index is 5.16. The van der Waals surface area contributed by atoms with Gasteiger partial charge in [0.15, 0.2) is 0 Å². The van der Waals surface area contributed by atoms with Gasteiger partial charge in [0.05, 0.1) is 29.5 Å². The molecule has 5 heteroatoms. The number of rotatable bonds is 5. The zero-order valence-corrected chi connectivity index (χ0v) is 12.7. The minimum atomic E-state index is 0.602. The zero-order valence-electron chi connectivity index (χ0n) is 11.2. The molecule has 1 fully saturated rings. The van der Waals surface area contributed by atoms with E-state index in [-0.39, 0.29) is 0 Å². The molecule has 2 rings (SSSR count). The molecule has 1 aliphatic rings. The lowest BCUT2D eigenvalue weighted by molar-refractivity contribution is 0.180. The smallest absolute Gasteiger partial charge is 0.0658 e. The SMILES string of the molecule is CCC1CNCCC1c1c(Br)cnn1CCOC. The third kappa shape index (κ3) is 2.95. The molecule has 1 N–H and O–H groups in total. The van der Waals surface area contributed by atoms with Crippen molar-refractivity contribution in [2.24, 2.45) is 5.92 Å². The first-order chi connectivity index (χ1) is 8.77. The maximum absolute atomic E-state index is 5.16. The van der Waals surface area contributed by atoms with Crippen molar-refractivity contribution >= 4 is 15.9 Å². The number of nitrogens with one attached hydrogen (secondary N) is 1. The van der Waals surface area contributed by atoms with Crippen LogP contribution in [0.4, 0.5) is 0 Å². The monoisotopic (exact) mass is 315 g/mol. The number of hydrogen-bond donors (Lipinski definition) is 1. The molecular formula is C13H22BrN3O. The van der Waals surface area contributed by atoms with E-state index in [1.165, 1.54) is 18.5 Å². The lowest BCUT2D eigenvalue weighted by Crippen LogP contribution is -2.36. The predicted molar refractivity (Wildman–Crippen MR) is 75.8 cm³/mol. The van der Waals surface area contributed by atoms with Crippen LogP contribution in [0.15, 0.2) is 10.7 Å². The van der Waals surface area contributed by atoms with Gasteiger partial charge in [0.2, 0.25) is 0 Å². The number of halogens is 1. The zero-order chi connectivity index (χ0) is 13.0. The summed E-state index contributed by atoms with van der Waals surface area (Å²) in [5.41, 5.74) is 1.35. The summed E-state index contributed by atoms with van der Waals surface area (Å²) in [5, 5.41) is 7.96. The number of aromatic nitrogens is 2. The fourth-order valence-corrected chi connectivity index (χ4v) is 3.40. The first-order valence-electron chi connectivity index (χ1n) is 6.68. The molecule has 0 aromatic carbocycles. The number of ether oxygens (including phenoxy) is 1. The van der Waals surface area contributed by atoms with Crippen LogP contribution in [0.2, 0.25) is 0 Å². The Morgan fingerprint density at radius 3 is 3.17 bits per heavy atom. The molecule has 2 heterocycles. The summed E-state index contributed by atoms with van der Waals surface area (Å²) in [7, 11) is 1.73. The normalized spacial score (nSPS) is 24.4. The topological polar surface area (TPSA) is 39.1 Å². The average Bonchev–Trinajstić information content (AvgIpc) is 2.77. The summed E-state index contributed by atoms with van der Waals surface area (Å²) in [5.74, 6) is 1.30. The van der Waals surface area contributed by atoms with Gasteiger partial charge >= 0.3 is 0 Å². The van der Waals surface area contributed by atoms with Crippen molar-refractivity contribution in [2.75, 3.05) is 26.8 Å². The van der Waals surface area contributed by atoms with Crippen molar-refractivity contribution in [1.29, 1.82) is 0 Å². The minimum absolute atomic E-state index is 0.602. The molecule has 0 radical (unpaired) electrons. The van der Waals surface area contributed by atoms with Crippen LogP contribution < -0.4 is 5.32 Å². The van der Waals surface area contributed by atoms with Gasteiger partial charge in [0, 0.05) is 13.0 Å². The second kappa shape index (κ2) is 6.68. The van der Waals surface area contributed by atoms with Crippen LogP contribution in [0, 0.1) is 5.92 Å². The van der Waals surface area contributed by atoms with Gasteiger partial charge in [-0.15, -0.1) is 0 Å². The summed E-state index contributed by atoms with van der Waals surface area (Å²) in [6.45, 7) is 6.03. The molecule has 2 unspecified atom stereocenters. The largest absolute Gasteiger partial charge is 0.383 e. The Hall–Kier alpha value is -0.390. The Kier molecular flexibility index (Phi) is 5.21. The second-order valence-corrected chi connectivity index (χ2v) is 5.72. The van der Waals surface area contributed by atoms with E-state index in [0.717, 1.165) is 24.1 Å². The summed E-state index contributed by atoms with van der Waals surface area (Å²) >= 11 is 3.66. The quantitative estimate of drug-likeness (QED) is 0.907. The number of nitrogens with zero attached hydrogens (tertiary/aromatic N) is 2. The highest BCUT2D eigenvalue weighted by molar-refractivity contribution is 9.10. The van der Waals surface area contributed by atoms with Crippen molar-refractivity contribution in [1.82, 2.24) is 15.1 Å². The summed E-state index contributed by atoms with van der Waals surface area (Å²) in [4.78, 5) is 0. The van der Waals surface area contributed by atoms with E-state index in [4.69, 9.17) is 4.74 Å². The predicted octanol–water partition coefficient (Wildman–Crippen LogP) is 2.40. The van der Waals surface area contributed by atoms with E-state index in [1.54, 1.807) is 7.11 Å². The van der Waals surface area contributed by atoms with Crippen molar-refractivity contribution in [3.8, 4) is 0 Å². The van der Waals surface area contributed by atoms with Crippen LogP contribution in [0.25, 0.3) is 0 Å². The lowest BCUT2D eigenvalue weighted by atomic mass is 9.82. The number of piperidine rings is 1. The number of hydrogen-bond acceptors (Lipinski definition) is 3. The highest BCUT2D eigenvalue weighted by Gasteiger charge is 2.29. The van der Waals surface area contributed by atoms with Gasteiger partial charge in [-0.1, -0.05) is 13.3 Å². The van der Waals surface area contributed by atoms with Gasteiger partial charge in [-0.25, -0.2) is 0 Å². The lowest BCUT2D eigenvalue weighted by Gasteiger charge is -2.32. The van der Waals surface area contributed by atoms with Crippen molar-refractivity contribution in [3.05, 3.63) is 16.4 Å². The fraction of sp³-hybridized carbons (Fsp3) is 0.769. The molecule has 0 bridgehead atoms. The van der Waals surface area contributed by atoms with E-state index < -0.39 is 0 Å². The van der Waals surface area contributed by atoms with Crippen LogP contribution >= 0.6 is 15.9 Å². The molecule has 1 aromatic rings. The molecule has 18 heavy (non-hydrogen) atoms. The first-order valence-corrected chi connectivity index (χ1v) is 7.48. The van der Waals surface area contributed by atoms with Crippen LogP contribution in [-0.2, 0) is 11.3 Å².